The fourth-order valence-corrected chi connectivity index (χ4v) is 7.04. The first-order chi connectivity index (χ1) is 20.1. The summed E-state index contributed by atoms with van der Waals surface area (Å²) in [5.41, 5.74) is 1.95. The van der Waals surface area contributed by atoms with Gasteiger partial charge in [-0.15, -0.1) is 0 Å². The molecule has 0 aliphatic heterocycles. The minimum absolute atomic E-state index is 0.0495. The number of hydrogen-bond acceptors (Lipinski definition) is 5. The van der Waals surface area contributed by atoms with E-state index in [-0.39, 0.29) is 29.1 Å². The van der Waals surface area contributed by atoms with E-state index < -0.39 is 28.5 Å². The summed E-state index contributed by atoms with van der Waals surface area (Å²) in [7, 11) is -2.73. The van der Waals surface area contributed by atoms with Gasteiger partial charge >= 0.3 is 0 Å². The number of carbonyl (C=O) groups is 2. The number of nitrogens with one attached hydrogen (secondary N) is 1. The lowest BCUT2D eigenvalue weighted by Gasteiger charge is -2.33. The van der Waals surface area contributed by atoms with Crippen LogP contribution in [0.2, 0.25) is 0 Å². The summed E-state index contributed by atoms with van der Waals surface area (Å²) >= 11 is 3.48. The summed E-state index contributed by atoms with van der Waals surface area (Å²) in [6.07, 6.45) is 5.10. The third-order valence-electron chi connectivity index (χ3n) is 7.60. The van der Waals surface area contributed by atoms with Gasteiger partial charge in [0.25, 0.3) is 10.0 Å². The lowest BCUT2D eigenvalue weighted by molar-refractivity contribution is -0.139. The first kappa shape index (κ1) is 31.6. The van der Waals surface area contributed by atoms with Gasteiger partial charge in [-0.05, 0) is 68.7 Å². The van der Waals surface area contributed by atoms with E-state index in [1.54, 1.807) is 43.3 Å². The standard InChI is InChI=1S/C32H38BrN3O5S/c1-23-16-18-28(19-17-23)42(39,40)36(29-14-7-8-15-30(29)41-3)22-31(37)35(21-25-10-9-11-26(33)20-25)24(2)32(38)34-27-12-5-4-6-13-27/h7-11,14-20,24,27H,4-6,12-13,21-22H2,1-3H3,(H,34,38). The average molecular weight is 657 g/mol. The molecule has 1 atom stereocenters. The smallest absolute Gasteiger partial charge is 0.264 e. The van der Waals surface area contributed by atoms with E-state index in [4.69, 9.17) is 4.74 Å². The zero-order chi connectivity index (χ0) is 30.3. The van der Waals surface area contributed by atoms with Gasteiger partial charge in [-0.3, -0.25) is 13.9 Å². The molecule has 0 bridgehead atoms. The van der Waals surface area contributed by atoms with Crippen molar-refractivity contribution in [3.8, 4) is 5.75 Å². The van der Waals surface area contributed by atoms with E-state index in [2.05, 4.69) is 21.2 Å². The molecule has 1 N–H and O–H groups in total. The number of nitrogens with zero attached hydrogens (tertiary/aromatic N) is 2. The van der Waals surface area contributed by atoms with E-state index in [0.717, 1.165) is 52.0 Å². The molecular weight excluding hydrogens is 618 g/mol. The van der Waals surface area contributed by atoms with Crippen molar-refractivity contribution in [3.63, 3.8) is 0 Å². The maximum absolute atomic E-state index is 14.2. The SMILES string of the molecule is COc1ccccc1N(CC(=O)N(Cc1cccc(Br)c1)C(C)C(=O)NC1CCCCC1)S(=O)(=O)c1ccc(C)cc1. The largest absolute Gasteiger partial charge is 0.495 e. The van der Waals surface area contributed by atoms with Gasteiger partial charge in [0.15, 0.2) is 0 Å². The highest BCUT2D eigenvalue weighted by molar-refractivity contribution is 9.10. The summed E-state index contributed by atoms with van der Waals surface area (Å²) < 4.78 is 35.5. The fourth-order valence-electron chi connectivity index (χ4n) is 5.17. The van der Waals surface area contributed by atoms with Crippen LogP contribution in [0.15, 0.2) is 82.2 Å². The molecule has 3 aromatic rings. The summed E-state index contributed by atoms with van der Waals surface area (Å²) in [5.74, 6) is -0.457. The van der Waals surface area contributed by atoms with Crippen LogP contribution in [-0.2, 0) is 26.2 Å². The molecule has 8 nitrogen and oxygen atoms in total. The van der Waals surface area contributed by atoms with Crippen molar-refractivity contribution in [2.75, 3.05) is 18.0 Å². The molecule has 0 aromatic heterocycles. The molecule has 1 saturated carbocycles. The van der Waals surface area contributed by atoms with Crippen LogP contribution in [0, 0.1) is 6.92 Å². The van der Waals surface area contributed by atoms with Crippen molar-refractivity contribution in [2.24, 2.45) is 0 Å². The summed E-state index contributed by atoms with van der Waals surface area (Å²) in [5, 5.41) is 3.12. The zero-order valence-corrected chi connectivity index (χ0v) is 26.7. The molecule has 1 aliphatic rings. The quantitative estimate of drug-likeness (QED) is 0.281. The Morgan fingerprint density at radius 2 is 1.69 bits per heavy atom. The third-order valence-corrected chi connectivity index (χ3v) is 9.87. The highest BCUT2D eigenvalue weighted by Crippen LogP contribution is 2.32. The molecule has 0 saturated heterocycles. The Bertz CT molecular complexity index is 1490. The van der Waals surface area contributed by atoms with Crippen molar-refractivity contribution in [1.29, 1.82) is 0 Å². The number of halogens is 1. The lowest BCUT2D eigenvalue weighted by Crippen LogP contribution is -2.53. The second-order valence-corrected chi connectivity index (χ2v) is 13.4. The highest BCUT2D eigenvalue weighted by Gasteiger charge is 2.34. The number of anilines is 1. The zero-order valence-electron chi connectivity index (χ0n) is 24.3. The maximum Gasteiger partial charge on any atom is 0.264 e. The van der Waals surface area contributed by atoms with Crippen molar-refractivity contribution in [2.45, 2.75) is 69.5 Å². The van der Waals surface area contributed by atoms with E-state index in [9.17, 15) is 18.0 Å². The van der Waals surface area contributed by atoms with Gasteiger partial charge in [0.2, 0.25) is 11.8 Å². The van der Waals surface area contributed by atoms with Crippen molar-refractivity contribution in [3.05, 3.63) is 88.4 Å². The predicted octanol–water partition coefficient (Wildman–Crippen LogP) is 5.83. The third kappa shape index (κ3) is 7.72. The number of hydrogen-bond donors (Lipinski definition) is 1. The number of benzene rings is 3. The first-order valence-electron chi connectivity index (χ1n) is 14.2. The van der Waals surface area contributed by atoms with Crippen LogP contribution in [0.1, 0.15) is 50.2 Å². The van der Waals surface area contributed by atoms with Crippen LogP contribution in [0.25, 0.3) is 0 Å². The molecule has 0 spiro atoms. The number of carbonyl (C=O) groups excluding carboxylic acids is 2. The Morgan fingerprint density at radius 3 is 2.36 bits per heavy atom. The molecule has 0 radical (unpaired) electrons. The molecule has 1 unspecified atom stereocenters. The number of aryl methyl sites for hydroxylation is 1. The second-order valence-electron chi connectivity index (χ2n) is 10.7. The molecule has 2 amide bonds. The predicted molar refractivity (Wildman–Crippen MR) is 168 cm³/mol. The fraction of sp³-hybridized carbons (Fsp3) is 0.375. The number of amides is 2. The van der Waals surface area contributed by atoms with Crippen LogP contribution in [0.4, 0.5) is 5.69 Å². The van der Waals surface area contributed by atoms with Gasteiger partial charge in [0.1, 0.15) is 18.3 Å². The van der Waals surface area contributed by atoms with Gasteiger partial charge < -0.3 is 15.0 Å². The first-order valence-corrected chi connectivity index (χ1v) is 16.4. The topological polar surface area (TPSA) is 96.0 Å². The number of methoxy groups -OCH3 is 1. The molecule has 1 aliphatic carbocycles. The Hall–Kier alpha value is -3.37. The van der Waals surface area contributed by atoms with Gasteiger partial charge in [0, 0.05) is 17.1 Å². The minimum atomic E-state index is -4.18. The number of sulfonamides is 1. The van der Waals surface area contributed by atoms with E-state index >= 15 is 0 Å². The van der Waals surface area contributed by atoms with Gasteiger partial charge in [-0.1, -0.05) is 77.2 Å². The van der Waals surface area contributed by atoms with Crippen LogP contribution in [0.5, 0.6) is 5.75 Å². The molecule has 224 valence electrons. The van der Waals surface area contributed by atoms with E-state index in [1.165, 1.54) is 24.1 Å². The Kier molecular flexibility index (Phi) is 10.7. The molecule has 1 fully saturated rings. The molecule has 0 heterocycles. The monoisotopic (exact) mass is 655 g/mol. The molecular formula is C32H38BrN3O5S. The average Bonchev–Trinajstić information content (AvgIpc) is 2.99. The van der Waals surface area contributed by atoms with Crippen molar-refractivity contribution >= 4 is 43.5 Å². The summed E-state index contributed by atoms with van der Waals surface area (Å²) in [6.45, 7) is 3.17. The Labute approximate surface area is 257 Å². The molecule has 42 heavy (non-hydrogen) atoms. The maximum atomic E-state index is 14.2. The number of ether oxygens (including phenoxy) is 1. The highest BCUT2D eigenvalue weighted by atomic mass is 79.9. The normalized spacial score (nSPS) is 14.6. The Balaban J connectivity index is 1.70. The second kappa shape index (κ2) is 14.2. The molecule has 3 aromatic carbocycles. The van der Waals surface area contributed by atoms with E-state index in [1.807, 2.05) is 31.2 Å². The summed E-state index contributed by atoms with van der Waals surface area (Å²) in [6, 6.07) is 19.9. The van der Waals surface area contributed by atoms with Crippen LogP contribution < -0.4 is 14.4 Å². The van der Waals surface area contributed by atoms with Crippen LogP contribution >= 0.6 is 15.9 Å². The Morgan fingerprint density at radius 1 is 1.00 bits per heavy atom. The van der Waals surface area contributed by atoms with Gasteiger partial charge in [-0.2, -0.15) is 0 Å². The minimum Gasteiger partial charge on any atom is -0.495 e. The van der Waals surface area contributed by atoms with Gasteiger partial charge in [-0.25, -0.2) is 8.42 Å². The van der Waals surface area contributed by atoms with Crippen molar-refractivity contribution in [1.82, 2.24) is 10.2 Å². The molecule has 10 heteroatoms. The number of para-hydroxylation sites is 2. The number of rotatable bonds is 11. The van der Waals surface area contributed by atoms with Crippen molar-refractivity contribution < 1.29 is 22.7 Å². The lowest BCUT2D eigenvalue weighted by atomic mass is 9.95. The van der Waals surface area contributed by atoms with E-state index in [0.29, 0.717) is 5.75 Å². The molecule has 4 rings (SSSR count). The van der Waals surface area contributed by atoms with Crippen LogP contribution in [-0.4, -0.2) is 50.9 Å². The van der Waals surface area contributed by atoms with Crippen LogP contribution in [0.3, 0.4) is 0 Å². The van der Waals surface area contributed by atoms with Gasteiger partial charge in [0.05, 0.1) is 17.7 Å². The summed E-state index contributed by atoms with van der Waals surface area (Å²) in [4.78, 5) is 29.1.